The molecule has 10 heteroatoms. The molecular formula is C23H13BrF2N2O4S. The van der Waals surface area contributed by atoms with Crippen LogP contribution in [0.15, 0.2) is 75.0 Å². The Labute approximate surface area is 199 Å². The van der Waals surface area contributed by atoms with Crippen LogP contribution in [0.25, 0.3) is 10.8 Å². The highest BCUT2D eigenvalue weighted by atomic mass is 79.9. The first-order valence-electron chi connectivity index (χ1n) is 9.37. The summed E-state index contributed by atoms with van der Waals surface area (Å²) >= 11 is 3.76. The minimum absolute atomic E-state index is 0.0708. The summed E-state index contributed by atoms with van der Waals surface area (Å²) in [4.78, 5) is 42.6. The number of carbonyl (C=O) groups is 3. The fraction of sp³-hybridized carbons (Fsp3) is 0.0435. The number of thioether (sulfide) groups is 1. The fourth-order valence-electron chi connectivity index (χ4n) is 3.22. The van der Waals surface area contributed by atoms with Crippen LogP contribution in [-0.2, 0) is 14.3 Å². The van der Waals surface area contributed by atoms with Gasteiger partial charge in [-0.05, 0) is 50.6 Å². The molecule has 166 valence electrons. The Balaban J connectivity index is 1.86. The van der Waals surface area contributed by atoms with E-state index in [4.69, 9.17) is 0 Å². The highest BCUT2D eigenvalue weighted by molar-refractivity contribution is 9.10. The number of aliphatic imine (C=N–C) groups is 1. The predicted octanol–water partition coefficient (Wildman–Crippen LogP) is 5.21. The molecule has 0 atom stereocenters. The predicted molar refractivity (Wildman–Crippen MR) is 125 cm³/mol. The van der Waals surface area contributed by atoms with E-state index in [0.717, 1.165) is 29.5 Å². The fourth-order valence-corrected chi connectivity index (χ4v) is 4.73. The van der Waals surface area contributed by atoms with E-state index in [-0.39, 0.29) is 25.8 Å². The van der Waals surface area contributed by atoms with Gasteiger partial charge >= 0.3 is 5.97 Å². The van der Waals surface area contributed by atoms with Crippen molar-refractivity contribution in [1.29, 1.82) is 0 Å². The molecule has 0 radical (unpaired) electrons. The minimum Gasteiger partial charge on any atom is -0.466 e. The number of methoxy groups -OCH3 is 1. The summed E-state index contributed by atoms with van der Waals surface area (Å²) in [6.07, 6.45) is 0.917. The van der Waals surface area contributed by atoms with E-state index < -0.39 is 29.4 Å². The van der Waals surface area contributed by atoms with Crippen molar-refractivity contribution >= 4 is 67.1 Å². The van der Waals surface area contributed by atoms with Crippen LogP contribution in [0.5, 0.6) is 0 Å². The van der Waals surface area contributed by atoms with Crippen molar-refractivity contribution in [2.75, 3.05) is 12.0 Å². The average molecular weight is 531 g/mol. The maximum Gasteiger partial charge on any atom is 0.331 e. The molecule has 4 rings (SSSR count). The molecular weight excluding hydrogens is 518 g/mol. The molecule has 33 heavy (non-hydrogen) atoms. The lowest BCUT2D eigenvalue weighted by molar-refractivity contribution is -0.135. The number of benzene rings is 3. The van der Waals surface area contributed by atoms with Gasteiger partial charge in [0.05, 0.1) is 12.0 Å². The monoisotopic (exact) mass is 530 g/mol. The molecule has 2 amide bonds. The van der Waals surface area contributed by atoms with Gasteiger partial charge in [-0.3, -0.25) is 14.5 Å². The molecule has 0 unspecified atom stereocenters. The van der Waals surface area contributed by atoms with E-state index >= 15 is 0 Å². The van der Waals surface area contributed by atoms with Crippen LogP contribution in [0.3, 0.4) is 0 Å². The van der Waals surface area contributed by atoms with E-state index in [1.54, 1.807) is 24.3 Å². The first-order chi connectivity index (χ1) is 15.8. The number of hydrogen-bond donors (Lipinski definition) is 0. The van der Waals surface area contributed by atoms with Crippen LogP contribution in [0.1, 0.15) is 10.4 Å². The summed E-state index contributed by atoms with van der Waals surface area (Å²) in [7, 11) is 1.14. The Morgan fingerprint density at radius 2 is 1.85 bits per heavy atom. The van der Waals surface area contributed by atoms with Gasteiger partial charge in [0.25, 0.3) is 11.8 Å². The molecule has 0 bridgehead atoms. The van der Waals surface area contributed by atoms with Gasteiger partial charge < -0.3 is 4.74 Å². The zero-order chi connectivity index (χ0) is 23.7. The molecule has 1 saturated heterocycles. The van der Waals surface area contributed by atoms with Crippen molar-refractivity contribution in [1.82, 2.24) is 0 Å². The second kappa shape index (κ2) is 9.24. The number of ether oxygens (including phenoxy) is 1. The molecule has 0 N–H and O–H groups in total. The van der Waals surface area contributed by atoms with Gasteiger partial charge in [0.2, 0.25) is 0 Å². The third-order valence-corrected chi connectivity index (χ3v) is 6.25. The van der Waals surface area contributed by atoms with E-state index in [2.05, 4.69) is 25.7 Å². The number of hydrogen-bond acceptors (Lipinski definition) is 5. The number of amides is 2. The Morgan fingerprint density at radius 1 is 1.12 bits per heavy atom. The lowest BCUT2D eigenvalue weighted by atomic mass is 10.0. The van der Waals surface area contributed by atoms with Gasteiger partial charge in [-0.2, -0.15) is 4.99 Å². The first-order valence-corrected chi connectivity index (χ1v) is 11.0. The normalized spacial score (nSPS) is 16.1. The number of fused-ring (bicyclic) bond motifs is 1. The lowest BCUT2D eigenvalue weighted by Crippen LogP contribution is -2.31. The smallest absolute Gasteiger partial charge is 0.331 e. The molecule has 0 spiro atoms. The van der Waals surface area contributed by atoms with Crippen molar-refractivity contribution in [3.8, 4) is 0 Å². The summed E-state index contributed by atoms with van der Waals surface area (Å²) in [5.41, 5.74) is -0.0655. The Bertz CT molecular complexity index is 1360. The molecule has 6 nitrogen and oxygen atoms in total. The summed E-state index contributed by atoms with van der Waals surface area (Å²) in [6.45, 7) is 0. The van der Waals surface area contributed by atoms with Crippen LogP contribution in [-0.4, -0.2) is 30.1 Å². The summed E-state index contributed by atoms with van der Waals surface area (Å²) < 4.78 is 32.8. The van der Waals surface area contributed by atoms with Crippen LogP contribution in [0, 0.1) is 11.6 Å². The van der Waals surface area contributed by atoms with Gasteiger partial charge in [-0.1, -0.05) is 36.4 Å². The highest BCUT2D eigenvalue weighted by Gasteiger charge is 2.38. The largest absolute Gasteiger partial charge is 0.466 e. The summed E-state index contributed by atoms with van der Waals surface area (Å²) in [5.74, 6) is -4.23. The van der Waals surface area contributed by atoms with Gasteiger partial charge in [0.1, 0.15) is 11.5 Å². The van der Waals surface area contributed by atoms with Gasteiger partial charge in [-0.25, -0.2) is 13.6 Å². The number of halogens is 3. The van der Waals surface area contributed by atoms with Crippen molar-refractivity contribution in [2.45, 2.75) is 0 Å². The second-order valence-electron chi connectivity index (χ2n) is 6.72. The highest BCUT2D eigenvalue weighted by Crippen LogP contribution is 2.40. The number of rotatable bonds is 3. The number of nitrogens with zero attached hydrogens (tertiary/aromatic N) is 2. The SMILES string of the molecule is COC(=O)/C=C1\SC(=NC(=O)c2cccc3ccccc23)N(c2c(F)cc(F)cc2Br)C1=O. The topological polar surface area (TPSA) is 76.0 Å². The Morgan fingerprint density at radius 3 is 2.58 bits per heavy atom. The molecule has 3 aromatic rings. The molecule has 0 aromatic heterocycles. The minimum atomic E-state index is -1.06. The van der Waals surface area contributed by atoms with Crippen LogP contribution in [0.4, 0.5) is 14.5 Å². The van der Waals surface area contributed by atoms with E-state index in [1.807, 2.05) is 18.2 Å². The Kier molecular flexibility index (Phi) is 6.39. The number of anilines is 1. The molecule has 1 heterocycles. The molecule has 0 aliphatic carbocycles. The summed E-state index contributed by atoms with van der Waals surface area (Å²) in [5, 5.41) is 1.27. The molecule has 1 aliphatic heterocycles. The van der Waals surface area contributed by atoms with E-state index in [1.165, 1.54) is 0 Å². The first kappa shape index (κ1) is 22.8. The standard InChI is InChI=1S/C23H13BrF2N2O4S/c1-32-19(29)11-18-22(31)28(20-16(24)9-13(25)10-17(20)26)23(33-18)27-21(30)15-8-4-6-12-5-2-3-7-14(12)15/h2-11H,1H3/b18-11-,27-23?. The lowest BCUT2D eigenvalue weighted by Gasteiger charge is -2.18. The molecule has 0 saturated carbocycles. The number of carbonyl (C=O) groups excluding carboxylic acids is 3. The molecule has 3 aromatic carbocycles. The van der Waals surface area contributed by atoms with E-state index in [9.17, 15) is 23.2 Å². The third kappa shape index (κ3) is 4.44. The van der Waals surface area contributed by atoms with Crippen LogP contribution < -0.4 is 4.90 Å². The maximum absolute atomic E-state index is 14.7. The van der Waals surface area contributed by atoms with Gasteiger partial charge in [0, 0.05) is 22.2 Å². The van der Waals surface area contributed by atoms with Gasteiger partial charge in [0.15, 0.2) is 11.0 Å². The quantitative estimate of drug-likeness (QED) is 0.343. The zero-order valence-electron chi connectivity index (χ0n) is 16.8. The van der Waals surface area contributed by atoms with E-state index in [0.29, 0.717) is 23.2 Å². The van der Waals surface area contributed by atoms with Crippen molar-refractivity contribution in [3.63, 3.8) is 0 Å². The Hall–Kier alpha value is -3.37. The maximum atomic E-state index is 14.7. The molecule has 1 fully saturated rings. The van der Waals surface area contributed by atoms with Gasteiger partial charge in [-0.15, -0.1) is 0 Å². The zero-order valence-corrected chi connectivity index (χ0v) is 19.2. The van der Waals surface area contributed by atoms with Crippen LogP contribution in [0.2, 0.25) is 0 Å². The average Bonchev–Trinajstić information content (AvgIpc) is 3.07. The molecule has 1 aliphatic rings. The van der Waals surface area contributed by atoms with Crippen molar-refractivity contribution in [3.05, 3.63) is 87.2 Å². The second-order valence-corrected chi connectivity index (χ2v) is 8.58. The third-order valence-electron chi connectivity index (χ3n) is 4.68. The number of esters is 1. The van der Waals surface area contributed by atoms with Crippen LogP contribution >= 0.6 is 27.7 Å². The summed E-state index contributed by atoms with van der Waals surface area (Å²) in [6, 6.07) is 13.9. The number of amidine groups is 1. The van der Waals surface area contributed by atoms with Crippen molar-refractivity contribution < 1.29 is 27.9 Å². The van der Waals surface area contributed by atoms with Crippen molar-refractivity contribution in [2.24, 2.45) is 4.99 Å².